The smallest absolute Gasteiger partial charge is 0.317 e. The Morgan fingerprint density at radius 2 is 2.04 bits per heavy atom. The summed E-state index contributed by atoms with van der Waals surface area (Å²) in [6, 6.07) is 11.6. The molecule has 25 heavy (non-hydrogen) atoms. The number of rotatable bonds is 3. The van der Waals surface area contributed by atoms with Gasteiger partial charge >= 0.3 is 6.03 Å². The van der Waals surface area contributed by atoms with Gasteiger partial charge in [-0.25, -0.2) is 4.79 Å². The number of likely N-dealkylation sites (tertiary alicyclic amines) is 1. The van der Waals surface area contributed by atoms with E-state index in [1.54, 1.807) is 6.07 Å². The molecule has 4 rings (SSSR count). The van der Waals surface area contributed by atoms with Crippen molar-refractivity contribution in [2.45, 2.75) is 18.9 Å². The molecule has 2 saturated heterocycles. The van der Waals surface area contributed by atoms with Crippen LogP contribution in [-0.4, -0.2) is 64.2 Å². The minimum Gasteiger partial charge on any atom is -0.336 e. The van der Waals surface area contributed by atoms with Gasteiger partial charge in [-0.05, 0) is 18.9 Å². The zero-order chi connectivity index (χ0) is 17.2. The molecule has 7 heteroatoms. The molecular weight excluding hydrogens is 318 g/mol. The molecule has 0 radical (unpaired) electrons. The number of H-pyrrole nitrogens is 1. The lowest BCUT2D eigenvalue weighted by molar-refractivity contribution is 0.0628. The van der Waals surface area contributed by atoms with Crippen LogP contribution in [0.2, 0.25) is 0 Å². The average Bonchev–Trinajstić information content (AvgIpc) is 3.31. The maximum atomic E-state index is 12.8. The van der Waals surface area contributed by atoms with Gasteiger partial charge in [-0.2, -0.15) is 5.10 Å². The monoisotopic (exact) mass is 339 g/mol. The molecule has 2 aliphatic rings. The van der Waals surface area contributed by atoms with Gasteiger partial charge in [0, 0.05) is 31.7 Å². The number of nitrogens with zero attached hydrogens (tertiary/aromatic N) is 3. The summed E-state index contributed by atoms with van der Waals surface area (Å²) in [6.45, 7) is 2.69. The molecule has 2 fully saturated rings. The number of hydrogen-bond donors (Lipinski definition) is 2. The second-order valence-electron chi connectivity index (χ2n) is 6.51. The summed E-state index contributed by atoms with van der Waals surface area (Å²) in [5.41, 5.74) is 2.23. The first-order valence-corrected chi connectivity index (χ1v) is 8.67. The molecule has 2 N–H and O–H groups in total. The molecule has 0 aliphatic carbocycles. The van der Waals surface area contributed by atoms with E-state index in [-0.39, 0.29) is 18.0 Å². The highest BCUT2D eigenvalue weighted by molar-refractivity contribution is 5.93. The molecule has 3 amide bonds. The van der Waals surface area contributed by atoms with Crippen LogP contribution in [0.15, 0.2) is 36.4 Å². The van der Waals surface area contributed by atoms with Crippen molar-refractivity contribution in [1.82, 2.24) is 25.3 Å². The zero-order valence-corrected chi connectivity index (χ0v) is 13.9. The molecule has 0 bridgehead atoms. The van der Waals surface area contributed by atoms with E-state index >= 15 is 0 Å². The fourth-order valence-electron chi connectivity index (χ4n) is 3.59. The lowest BCUT2D eigenvalue weighted by atomic mass is 10.0. The summed E-state index contributed by atoms with van der Waals surface area (Å²) in [6.07, 6.45) is 1.84. The second-order valence-corrected chi connectivity index (χ2v) is 6.51. The number of carbonyl (C=O) groups excluding carboxylic acids is 2. The molecule has 3 heterocycles. The molecule has 0 unspecified atom stereocenters. The van der Waals surface area contributed by atoms with Crippen LogP contribution < -0.4 is 5.32 Å². The van der Waals surface area contributed by atoms with E-state index < -0.39 is 0 Å². The van der Waals surface area contributed by atoms with Crippen molar-refractivity contribution in [3.8, 4) is 11.3 Å². The number of piperidine rings is 1. The van der Waals surface area contributed by atoms with Crippen LogP contribution in [0, 0.1) is 0 Å². The van der Waals surface area contributed by atoms with Crippen LogP contribution in [0.4, 0.5) is 4.79 Å². The summed E-state index contributed by atoms with van der Waals surface area (Å²) >= 11 is 0. The largest absolute Gasteiger partial charge is 0.336 e. The van der Waals surface area contributed by atoms with E-state index in [1.807, 2.05) is 40.1 Å². The van der Waals surface area contributed by atoms with Crippen molar-refractivity contribution in [3.05, 3.63) is 42.1 Å². The number of hydrogen-bond acceptors (Lipinski definition) is 3. The number of benzene rings is 1. The van der Waals surface area contributed by atoms with Gasteiger partial charge in [0.15, 0.2) is 0 Å². The van der Waals surface area contributed by atoms with Gasteiger partial charge in [-0.3, -0.25) is 9.89 Å². The molecule has 0 spiro atoms. The van der Waals surface area contributed by atoms with Crippen molar-refractivity contribution < 1.29 is 9.59 Å². The minimum atomic E-state index is -0.0565. The summed E-state index contributed by atoms with van der Waals surface area (Å²) in [5.74, 6) is -0.0565. The zero-order valence-electron chi connectivity index (χ0n) is 13.9. The number of carbonyl (C=O) groups is 2. The molecule has 1 atom stereocenters. The van der Waals surface area contributed by atoms with Crippen LogP contribution in [0.25, 0.3) is 11.3 Å². The average molecular weight is 339 g/mol. The first-order chi connectivity index (χ1) is 12.2. The number of urea groups is 1. The van der Waals surface area contributed by atoms with Crippen LogP contribution in [-0.2, 0) is 0 Å². The van der Waals surface area contributed by atoms with E-state index in [9.17, 15) is 9.59 Å². The molecular formula is C18H21N5O2. The topological polar surface area (TPSA) is 81.3 Å². The summed E-state index contributed by atoms with van der Waals surface area (Å²) in [5, 5.41) is 9.96. The molecule has 0 saturated carbocycles. The summed E-state index contributed by atoms with van der Waals surface area (Å²) < 4.78 is 0. The van der Waals surface area contributed by atoms with Gasteiger partial charge in [-0.1, -0.05) is 30.3 Å². The SMILES string of the molecule is O=C(c1cc(-c2ccccc2)n[nH]1)N1CCC[C@H](N2CCNC2=O)C1. The van der Waals surface area contributed by atoms with E-state index in [4.69, 9.17) is 0 Å². The highest BCUT2D eigenvalue weighted by atomic mass is 16.2. The highest BCUT2D eigenvalue weighted by Crippen LogP contribution is 2.21. The quantitative estimate of drug-likeness (QED) is 0.893. The van der Waals surface area contributed by atoms with Crippen molar-refractivity contribution in [1.29, 1.82) is 0 Å². The second kappa shape index (κ2) is 6.58. The van der Waals surface area contributed by atoms with Crippen LogP contribution >= 0.6 is 0 Å². The standard InChI is InChI=1S/C18H21N5O2/c24-17(16-11-15(20-21-16)13-5-2-1-3-6-13)22-9-4-7-14(12-22)23-10-8-19-18(23)25/h1-3,5-6,11,14H,4,7-10,12H2,(H,19,25)(H,20,21)/t14-/m0/s1. The van der Waals surface area contributed by atoms with Crippen molar-refractivity contribution in [2.75, 3.05) is 26.2 Å². The lowest BCUT2D eigenvalue weighted by Gasteiger charge is -2.36. The highest BCUT2D eigenvalue weighted by Gasteiger charge is 2.33. The maximum Gasteiger partial charge on any atom is 0.317 e. The number of nitrogens with one attached hydrogen (secondary N) is 2. The molecule has 2 aliphatic heterocycles. The third-order valence-electron chi connectivity index (χ3n) is 4.89. The van der Waals surface area contributed by atoms with Crippen LogP contribution in [0.3, 0.4) is 0 Å². The first kappa shape index (κ1) is 15.7. The number of amides is 3. The Morgan fingerprint density at radius 1 is 1.20 bits per heavy atom. The van der Waals surface area contributed by atoms with Crippen molar-refractivity contribution >= 4 is 11.9 Å². The minimum absolute atomic E-state index is 0.0211. The Balaban J connectivity index is 1.47. The predicted molar refractivity (Wildman–Crippen MR) is 93.1 cm³/mol. The van der Waals surface area contributed by atoms with E-state index in [0.29, 0.717) is 31.9 Å². The fourth-order valence-corrected chi connectivity index (χ4v) is 3.59. The predicted octanol–water partition coefficient (Wildman–Crippen LogP) is 1.71. The van der Waals surface area contributed by atoms with E-state index in [1.165, 1.54) is 0 Å². The van der Waals surface area contributed by atoms with E-state index in [2.05, 4.69) is 15.5 Å². The molecule has 130 valence electrons. The molecule has 7 nitrogen and oxygen atoms in total. The van der Waals surface area contributed by atoms with Crippen LogP contribution in [0.5, 0.6) is 0 Å². The van der Waals surface area contributed by atoms with E-state index in [0.717, 1.165) is 24.1 Å². The van der Waals surface area contributed by atoms with Gasteiger partial charge in [0.1, 0.15) is 5.69 Å². The fraction of sp³-hybridized carbons (Fsp3) is 0.389. The number of aromatic nitrogens is 2. The molecule has 1 aromatic carbocycles. The number of aromatic amines is 1. The van der Waals surface area contributed by atoms with Crippen molar-refractivity contribution in [2.24, 2.45) is 0 Å². The third kappa shape index (κ3) is 3.09. The summed E-state index contributed by atoms with van der Waals surface area (Å²) in [4.78, 5) is 28.4. The Kier molecular flexibility index (Phi) is 4.13. The van der Waals surface area contributed by atoms with Crippen molar-refractivity contribution in [3.63, 3.8) is 0 Å². The Labute approximate surface area is 146 Å². The molecule has 2 aromatic rings. The maximum absolute atomic E-state index is 12.8. The third-order valence-corrected chi connectivity index (χ3v) is 4.89. The van der Waals surface area contributed by atoms with Gasteiger partial charge in [-0.15, -0.1) is 0 Å². The lowest BCUT2D eigenvalue weighted by Crippen LogP contribution is -2.50. The Hall–Kier alpha value is -2.83. The van der Waals surface area contributed by atoms with Gasteiger partial charge < -0.3 is 15.1 Å². The normalized spacial score (nSPS) is 20.6. The van der Waals surface area contributed by atoms with Gasteiger partial charge in [0.05, 0.1) is 11.7 Å². The van der Waals surface area contributed by atoms with Gasteiger partial charge in [0.2, 0.25) is 0 Å². The first-order valence-electron chi connectivity index (χ1n) is 8.67. The van der Waals surface area contributed by atoms with Crippen LogP contribution in [0.1, 0.15) is 23.3 Å². The molecule has 1 aromatic heterocycles. The summed E-state index contributed by atoms with van der Waals surface area (Å²) in [7, 11) is 0. The van der Waals surface area contributed by atoms with Gasteiger partial charge in [0.25, 0.3) is 5.91 Å². The Bertz CT molecular complexity index is 773. The Morgan fingerprint density at radius 3 is 2.80 bits per heavy atom.